The lowest BCUT2D eigenvalue weighted by Crippen LogP contribution is -2.09. The molecule has 10 rings (SSSR count). The second-order valence-electron chi connectivity index (χ2n) is 13.0. The van der Waals surface area contributed by atoms with Crippen molar-refractivity contribution in [3.05, 3.63) is 194 Å². The molecule has 2 heterocycles. The predicted octanol–water partition coefficient (Wildman–Crippen LogP) is 13.5. The summed E-state index contributed by atoms with van der Waals surface area (Å²) < 4.78 is 8.72. The number of hydrogen-bond donors (Lipinski definition) is 0. The molecule has 0 amide bonds. The maximum absolute atomic E-state index is 6.30. The zero-order valence-corrected chi connectivity index (χ0v) is 27.8. The number of aromatic nitrogens is 1. The Kier molecular flexibility index (Phi) is 6.81. The van der Waals surface area contributed by atoms with Crippen molar-refractivity contribution < 1.29 is 4.42 Å². The summed E-state index contributed by atoms with van der Waals surface area (Å²) >= 11 is 0. The van der Waals surface area contributed by atoms with E-state index in [2.05, 4.69) is 191 Å². The number of rotatable bonds is 6. The fourth-order valence-electron chi connectivity index (χ4n) is 7.62. The van der Waals surface area contributed by atoms with E-state index in [4.69, 9.17) is 4.42 Å². The number of furan rings is 1. The zero-order valence-electron chi connectivity index (χ0n) is 27.8. The van der Waals surface area contributed by atoms with E-state index in [1.54, 1.807) is 0 Å². The van der Waals surface area contributed by atoms with Gasteiger partial charge in [0, 0.05) is 50.2 Å². The van der Waals surface area contributed by atoms with Gasteiger partial charge in [0.25, 0.3) is 0 Å². The first-order chi connectivity index (χ1) is 25.3. The largest absolute Gasteiger partial charge is 0.456 e. The quantitative estimate of drug-likeness (QED) is 0.178. The van der Waals surface area contributed by atoms with Gasteiger partial charge in [-0.05, 0) is 83.4 Å². The lowest BCUT2D eigenvalue weighted by molar-refractivity contribution is 0.669. The van der Waals surface area contributed by atoms with Crippen LogP contribution in [0.1, 0.15) is 0 Å². The Labute approximate surface area is 295 Å². The maximum Gasteiger partial charge on any atom is 0.137 e. The van der Waals surface area contributed by atoms with Crippen molar-refractivity contribution in [3.63, 3.8) is 0 Å². The van der Waals surface area contributed by atoms with Crippen molar-refractivity contribution in [2.75, 3.05) is 4.90 Å². The van der Waals surface area contributed by atoms with Gasteiger partial charge in [-0.2, -0.15) is 0 Å². The maximum atomic E-state index is 6.30. The average molecular weight is 653 g/mol. The third-order valence-electron chi connectivity index (χ3n) is 10.00. The number of benzene rings is 8. The van der Waals surface area contributed by atoms with Crippen LogP contribution in [0.25, 0.3) is 71.7 Å². The highest BCUT2D eigenvalue weighted by atomic mass is 16.3. The molecular weight excluding hydrogens is 621 g/mol. The third kappa shape index (κ3) is 4.90. The summed E-state index contributed by atoms with van der Waals surface area (Å²) in [5.74, 6) is 0. The van der Waals surface area contributed by atoms with Gasteiger partial charge in [0.15, 0.2) is 0 Å². The van der Waals surface area contributed by atoms with Crippen LogP contribution in [-0.4, -0.2) is 4.57 Å². The van der Waals surface area contributed by atoms with Crippen LogP contribution in [0.15, 0.2) is 199 Å². The molecule has 51 heavy (non-hydrogen) atoms. The van der Waals surface area contributed by atoms with Gasteiger partial charge in [-0.25, -0.2) is 0 Å². The fourth-order valence-corrected chi connectivity index (χ4v) is 7.62. The minimum absolute atomic E-state index is 0.877. The van der Waals surface area contributed by atoms with Crippen molar-refractivity contribution in [1.82, 2.24) is 4.57 Å². The Morgan fingerprint density at radius 2 is 0.961 bits per heavy atom. The number of fused-ring (bicyclic) bond motifs is 6. The Hall–Kier alpha value is -6.84. The molecule has 0 bridgehead atoms. The molecule has 0 aliphatic rings. The average Bonchev–Trinajstić information content (AvgIpc) is 3.74. The highest BCUT2D eigenvalue weighted by Crippen LogP contribution is 2.41. The van der Waals surface area contributed by atoms with Gasteiger partial charge in [0.2, 0.25) is 0 Å². The lowest BCUT2D eigenvalue weighted by Gasteiger charge is -2.25. The van der Waals surface area contributed by atoms with E-state index < -0.39 is 0 Å². The zero-order chi connectivity index (χ0) is 33.7. The first-order valence-corrected chi connectivity index (χ1v) is 17.4. The Bertz CT molecular complexity index is 2850. The molecule has 0 unspecified atom stereocenters. The first-order valence-electron chi connectivity index (χ1n) is 17.4. The molecule has 0 saturated heterocycles. The standard InChI is InChI=1S/C48H32N2O/c1-3-13-33(14-4-1)35-25-30-46-43(31-35)40-18-8-11-21-45(40)50(46)44-20-10-7-17-39(44)34-23-26-37(27-24-34)49(36-15-5-2-6-16-36)38-28-29-42-41-19-9-12-22-47(41)51-48(42)32-38/h1-32H. The predicted molar refractivity (Wildman–Crippen MR) is 214 cm³/mol. The molecule has 0 spiro atoms. The van der Waals surface area contributed by atoms with Crippen molar-refractivity contribution in [2.45, 2.75) is 0 Å². The third-order valence-corrected chi connectivity index (χ3v) is 10.00. The van der Waals surface area contributed by atoms with Crippen molar-refractivity contribution >= 4 is 60.8 Å². The van der Waals surface area contributed by atoms with Gasteiger partial charge in [-0.15, -0.1) is 0 Å². The molecule has 0 N–H and O–H groups in total. The van der Waals surface area contributed by atoms with E-state index in [9.17, 15) is 0 Å². The van der Waals surface area contributed by atoms with Crippen LogP contribution in [0, 0.1) is 0 Å². The summed E-state index contributed by atoms with van der Waals surface area (Å²) in [6, 6.07) is 69.1. The molecule has 2 aromatic heterocycles. The van der Waals surface area contributed by atoms with Gasteiger partial charge in [-0.3, -0.25) is 0 Å². The molecule has 0 aliphatic carbocycles. The summed E-state index contributed by atoms with van der Waals surface area (Å²) in [6.45, 7) is 0. The fraction of sp³-hybridized carbons (Fsp3) is 0. The van der Waals surface area contributed by atoms with E-state index in [0.717, 1.165) is 50.3 Å². The molecule has 0 fully saturated rings. The van der Waals surface area contributed by atoms with Crippen molar-refractivity contribution in [3.8, 4) is 27.9 Å². The summed E-state index contributed by atoms with van der Waals surface area (Å²) in [6.07, 6.45) is 0. The minimum atomic E-state index is 0.877. The van der Waals surface area contributed by atoms with Crippen LogP contribution < -0.4 is 4.90 Å². The molecule has 240 valence electrons. The van der Waals surface area contributed by atoms with E-state index in [1.807, 2.05) is 12.1 Å². The molecule has 0 radical (unpaired) electrons. The molecule has 0 atom stereocenters. The van der Waals surface area contributed by atoms with Crippen LogP contribution in [0.2, 0.25) is 0 Å². The molecule has 3 heteroatoms. The van der Waals surface area contributed by atoms with Crippen LogP contribution >= 0.6 is 0 Å². The van der Waals surface area contributed by atoms with E-state index in [-0.39, 0.29) is 0 Å². The second-order valence-corrected chi connectivity index (χ2v) is 13.0. The van der Waals surface area contributed by atoms with Gasteiger partial charge in [-0.1, -0.05) is 121 Å². The number of para-hydroxylation sites is 4. The molecule has 8 aromatic carbocycles. The van der Waals surface area contributed by atoms with Crippen LogP contribution in [0.5, 0.6) is 0 Å². The van der Waals surface area contributed by atoms with Crippen molar-refractivity contribution in [2.24, 2.45) is 0 Å². The number of hydrogen-bond acceptors (Lipinski definition) is 2. The molecular formula is C48H32N2O. The number of anilines is 3. The van der Waals surface area contributed by atoms with Crippen LogP contribution in [0.4, 0.5) is 17.1 Å². The van der Waals surface area contributed by atoms with Crippen LogP contribution in [0.3, 0.4) is 0 Å². The SMILES string of the molecule is c1ccc(-c2ccc3c(c2)c2ccccc2n3-c2ccccc2-c2ccc(N(c3ccccc3)c3ccc4c(c3)oc3ccccc34)cc2)cc1. The summed E-state index contributed by atoms with van der Waals surface area (Å²) in [5, 5.41) is 4.75. The summed E-state index contributed by atoms with van der Waals surface area (Å²) in [4.78, 5) is 2.29. The first kappa shape index (κ1) is 29.1. The van der Waals surface area contributed by atoms with Gasteiger partial charge in [0.05, 0.1) is 16.7 Å². The number of nitrogens with zero attached hydrogens (tertiary/aromatic N) is 2. The van der Waals surface area contributed by atoms with Crippen molar-refractivity contribution in [1.29, 1.82) is 0 Å². The van der Waals surface area contributed by atoms with Gasteiger partial charge >= 0.3 is 0 Å². The molecule has 10 aromatic rings. The van der Waals surface area contributed by atoms with E-state index >= 15 is 0 Å². The van der Waals surface area contributed by atoms with Gasteiger partial charge < -0.3 is 13.9 Å². The highest BCUT2D eigenvalue weighted by molar-refractivity contribution is 6.11. The monoisotopic (exact) mass is 652 g/mol. The van der Waals surface area contributed by atoms with Crippen LogP contribution in [-0.2, 0) is 0 Å². The lowest BCUT2D eigenvalue weighted by atomic mass is 10.0. The minimum Gasteiger partial charge on any atom is -0.456 e. The normalized spacial score (nSPS) is 11.5. The Morgan fingerprint density at radius 3 is 1.80 bits per heavy atom. The highest BCUT2D eigenvalue weighted by Gasteiger charge is 2.18. The van der Waals surface area contributed by atoms with E-state index in [0.29, 0.717) is 0 Å². The van der Waals surface area contributed by atoms with E-state index in [1.165, 1.54) is 38.5 Å². The summed E-state index contributed by atoms with van der Waals surface area (Å²) in [5.41, 5.74) is 13.3. The second kappa shape index (κ2) is 11.9. The Morgan fingerprint density at radius 1 is 0.353 bits per heavy atom. The molecule has 0 aliphatic heterocycles. The smallest absolute Gasteiger partial charge is 0.137 e. The summed E-state index contributed by atoms with van der Waals surface area (Å²) in [7, 11) is 0. The molecule has 0 saturated carbocycles. The topological polar surface area (TPSA) is 21.3 Å². The van der Waals surface area contributed by atoms with Gasteiger partial charge in [0.1, 0.15) is 11.2 Å². The molecule has 3 nitrogen and oxygen atoms in total. The Balaban J connectivity index is 1.09.